The highest BCUT2D eigenvalue weighted by Gasteiger charge is 2.32. The molecule has 1 fully saturated rings. The number of aromatic nitrogens is 3. The second-order valence-corrected chi connectivity index (χ2v) is 10.0. The van der Waals surface area contributed by atoms with Crippen molar-refractivity contribution in [2.75, 3.05) is 26.2 Å². The van der Waals surface area contributed by atoms with Crippen LogP contribution in [0.25, 0.3) is 0 Å². The summed E-state index contributed by atoms with van der Waals surface area (Å²) >= 11 is 5.59. The SMILES string of the molecule is Cc1nn(CN2CCN(S(=O)(=O)c3ccc(F)c(F)c3F)CC2)c(=S)n1Cc1ccccc1. The van der Waals surface area contributed by atoms with E-state index in [9.17, 15) is 21.6 Å². The topological polar surface area (TPSA) is 63.4 Å². The summed E-state index contributed by atoms with van der Waals surface area (Å²) in [4.78, 5) is 1.11. The molecule has 0 aliphatic carbocycles. The van der Waals surface area contributed by atoms with E-state index in [0.717, 1.165) is 21.8 Å². The van der Waals surface area contributed by atoms with E-state index in [2.05, 4.69) is 5.10 Å². The zero-order chi connectivity index (χ0) is 23.8. The van der Waals surface area contributed by atoms with Gasteiger partial charge in [-0.05, 0) is 36.8 Å². The molecule has 0 unspecified atom stereocenters. The van der Waals surface area contributed by atoms with Crippen LogP contribution in [0.15, 0.2) is 47.4 Å². The van der Waals surface area contributed by atoms with E-state index >= 15 is 0 Å². The van der Waals surface area contributed by atoms with Gasteiger partial charge < -0.3 is 0 Å². The number of piperazine rings is 1. The molecule has 7 nitrogen and oxygen atoms in total. The van der Waals surface area contributed by atoms with E-state index in [1.165, 1.54) is 0 Å². The predicted octanol–water partition coefficient (Wildman–Crippen LogP) is 3.15. The molecule has 12 heteroatoms. The van der Waals surface area contributed by atoms with Gasteiger partial charge in [0.05, 0.1) is 13.2 Å². The van der Waals surface area contributed by atoms with Crippen LogP contribution in [0.5, 0.6) is 0 Å². The second-order valence-electron chi connectivity index (χ2n) is 7.74. The summed E-state index contributed by atoms with van der Waals surface area (Å²) in [6.07, 6.45) is 0. The van der Waals surface area contributed by atoms with Crippen LogP contribution in [0.3, 0.4) is 0 Å². The van der Waals surface area contributed by atoms with Gasteiger partial charge in [-0.2, -0.15) is 9.40 Å². The molecule has 1 aromatic heterocycles. The van der Waals surface area contributed by atoms with E-state index in [-0.39, 0.29) is 13.1 Å². The molecule has 4 rings (SSSR count). The molecule has 1 saturated heterocycles. The highest BCUT2D eigenvalue weighted by molar-refractivity contribution is 7.89. The number of hydrogen-bond acceptors (Lipinski definition) is 5. The molecule has 0 radical (unpaired) electrons. The number of halogens is 3. The van der Waals surface area contributed by atoms with Crippen LogP contribution >= 0.6 is 12.2 Å². The minimum Gasteiger partial charge on any atom is -0.300 e. The third kappa shape index (κ3) is 4.74. The third-order valence-electron chi connectivity index (χ3n) is 5.57. The van der Waals surface area contributed by atoms with Crippen molar-refractivity contribution >= 4 is 22.2 Å². The molecule has 0 amide bonds. The van der Waals surface area contributed by atoms with Gasteiger partial charge in [0.1, 0.15) is 10.7 Å². The van der Waals surface area contributed by atoms with Gasteiger partial charge in [0.15, 0.2) is 22.2 Å². The van der Waals surface area contributed by atoms with E-state index in [0.29, 0.717) is 37.1 Å². The zero-order valence-corrected chi connectivity index (χ0v) is 19.4. The summed E-state index contributed by atoms with van der Waals surface area (Å²) in [6.45, 7) is 3.66. The van der Waals surface area contributed by atoms with Crippen LogP contribution < -0.4 is 0 Å². The maximum absolute atomic E-state index is 14.1. The van der Waals surface area contributed by atoms with Gasteiger partial charge >= 0.3 is 0 Å². The van der Waals surface area contributed by atoms with E-state index in [1.54, 1.807) is 4.68 Å². The summed E-state index contributed by atoms with van der Waals surface area (Å²) in [5.74, 6) is -4.18. The van der Waals surface area contributed by atoms with Crippen molar-refractivity contribution in [1.29, 1.82) is 0 Å². The van der Waals surface area contributed by atoms with Crippen LogP contribution in [0, 0.1) is 29.1 Å². The predicted molar refractivity (Wildman–Crippen MR) is 118 cm³/mol. The summed E-state index contributed by atoms with van der Waals surface area (Å²) in [5.41, 5.74) is 1.10. The zero-order valence-electron chi connectivity index (χ0n) is 17.8. The smallest absolute Gasteiger partial charge is 0.246 e. The lowest BCUT2D eigenvalue weighted by Gasteiger charge is -2.33. The first-order valence-electron chi connectivity index (χ1n) is 10.2. The minimum absolute atomic E-state index is 0.0673. The van der Waals surface area contributed by atoms with Crippen molar-refractivity contribution in [3.8, 4) is 0 Å². The van der Waals surface area contributed by atoms with Crippen LogP contribution in [0.4, 0.5) is 13.2 Å². The average molecular weight is 498 g/mol. The third-order valence-corrected chi connectivity index (χ3v) is 7.92. The highest BCUT2D eigenvalue weighted by atomic mass is 32.2. The number of rotatable bonds is 6. The maximum Gasteiger partial charge on any atom is 0.246 e. The molecule has 0 spiro atoms. The van der Waals surface area contributed by atoms with Crippen LogP contribution in [0.2, 0.25) is 0 Å². The van der Waals surface area contributed by atoms with E-state index in [1.807, 2.05) is 46.7 Å². The van der Waals surface area contributed by atoms with Gasteiger partial charge in [-0.1, -0.05) is 30.3 Å². The Bertz CT molecular complexity index is 1320. The quantitative estimate of drug-likeness (QED) is 0.387. The van der Waals surface area contributed by atoms with Crippen molar-refractivity contribution in [3.05, 3.63) is 76.1 Å². The summed E-state index contributed by atoms with van der Waals surface area (Å²) < 4.78 is 71.5. The molecular formula is C21H22F3N5O2S2. The van der Waals surface area contributed by atoms with Crippen molar-refractivity contribution < 1.29 is 21.6 Å². The number of nitrogens with zero attached hydrogens (tertiary/aromatic N) is 5. The summed E-state index contributed by atoms with van der Waals surface area (Å²) in [5, 5.41) is 4.52. The first-order chi connectivity index (χ1) is 15.7. The average Bonchev–Trinajstić information content (AvgIpc) is 3.05. The molecule has 0 saturated carbocycles. The second kappa shape index (κ2) is 9.37. The molecule has 3 aromatic rings. The highest BCUT2D eigenvalue weighted by Crippen LogP contribution is 2.24. The molecule has 0 bridgehead atoms. The molecule has 1 aliphatic heterocycles. The fraction of sp³-hybridized carbons (Fsp3) is 0.333. The van der Waals surface area contributed by atoms with E-state index < -0.39 is 32.4 Å². The van der Waals surface area contributed by atoms with E-state index in [4.69, 9.17) is 12.2 Å². The first-order valence-corrected chi connectivity index (χ1v) is 12.1. The Labute approximate surface area is 194 Å². The van der Waals surface area contributed by atoms with Crippen molar-refractivity contribution in [2.45, 2.75) is 25.0 Å². The Hall–Kier alpha value is -2.54. The molecule has 2 aromatic carbocycles. The Morgan fingerprint density at radius 2 is 1.64 bits per heavy atom. The fourth-order valence-electron chi connectivity index (χ4n) is 3.74. The number of aryl methyl sites for hydroxylation is 1. The van der Waals surface area contributed by atoms with Crippen LogP contribution in [0.1, 0.15) is 11.4 Å². The molecule has 1 aliphatic rings. The first kappa shape index (κ1) is 23.6. The normalized spacial score (nSPS) is 15.8. The van der Waals surface area contributed by atoms with Crippen molar-refractivity contribution in [2.24, 2.45) is 0 Å². The molecule has 0 N–H and O–H groups in total. The lowest BCUT2D eigenvalue weighted by molar-refractivity contribution is 0.144. The summed E-state index contributed by atoms with van der Waals surface area (Å²) in [6, 6.07) is 11.2. The van der Waals surface area contributed by atoms with Gasteiger partial charge in [0.2, 0.25) is 10.0 Å². The van der Waals surface area contributed by atoms with Gasteiger partial charge in [-0.25, -0.2) is 26.3 Å². The molecular weight excluding hydrogens is 475 g/mol. The van der Waals surface area contributed by atoms with Crippen LogP contribution in [-0.4, -0.2) is 58.1 Å². The van der Waals surface area contributed by atoms with Gasteiger partial charge in [0, 0.05) is 26.2 Å². The molecule has 2 heterocycles. The molecule has 33 heavy (non-hydrogen) atoms. The molecule has 176 valence electrons. The standard InChI is InChI=1S/C21H22F3N5O2S2/c1-15-25-29(21(32)28(15)13-16-5-3-2-4-6-16)14-26-9-11-27(12-10-26)33(30,31)18-8-7-17(22)19(23)20(18)24/h2-8H,9-14H2,1H3. The van der Waals surface area contributed by atoms with Crippen molar-refractivity contribution in [1.82, 2.24) is 23.6 Å². The Kier molecular flexibility index (Phi) is 6.71. The Balaban J connectivity index is 1.44. The number of hydrogen-bond donors (Lipinski definition) is 0. The maximum atomic E-state index is 14.1. The van der Waals surface area contributed by atoms with Crippen LogP contribution in [-0.2, 0) is 23.2 Å². The lowest BCUT2D eigenvalue weighted by Crippen LogP contribution is -2.49. The number of sulfonamides is 1. The largest absolute Gasteiger partial charge is 0.300 e. The van der Waals surface area contributed by atoms with Gasteiger partial charge in [-0.15, -0.1) is 0 Å². The lowest BCUT2D eigenvalue weighted by atomic mass is 10.2. The minimum atomic E-state index is -4.30. The monoisotopic (exact) mass is 497 g/mol. The summed E-state index contributed by atoms with van der Waals surface area (Å²) in [7, 11) is -4.30. The molecule has 0 atom stereocenters. The van der Waals surface area contributed by atoms with Gasteiger partial charge in [-0.3, -0.25) is 9.47 Å². The Morgan fingerprint density at radius 3 is 2.30 bits per heavy atom. The van der Waals surface area contributed by atoms with Gasteiger partial charge in [0.25, 0.3) is 0 Å². The fourth-order valence-corrected chi connectivity index (χ4v) is 5.51. The number of benzene rings is 2. The van der Waals surface area contributed by atoms with Crippen molar-refractivity contribution in [3.63, 3.8) is 0 Å². The Morgan fingerprint density at radius 1 is 0.970 bits per heavy atom.